The summed E-state index contributed by atoms with van der Waals surface area (Å²) < 4.78 is 1.23. The van der Waals surface area contributed by atoms with E-state index in [-0.39, 0.29) is 17.3 Å². The van der Waals surface area contributed by atoms with Crippen LogP contribution in [-0.4, -0.2) is 21.6 Å². The summed E-state index contributed by atoms with van der Waals surface area (Å²) >= 11 is 0.656. The van der Waals surface area contributed by atoms with E-state index in [2.05, 4.69) is 5.32 Å². The topological polar surface area (TPSA) is 88.4 Å². The lowest BCUT2D eigenvalue weighted by Crippen LogP contribution is -2.26. The number of aryl methyl sites for hydroxylation is 2. The van der Waals surface area contributed by atoms with Crippen LogP contribution in [0.1, 0.15) is 33.4 Å². The van der Waals surface area contributed by atoms with Crippen molar-refractivity contribution in [1.29, 1.82) is 0 Å². The highest BCUT2D eigenvalue weighted by Crippen LogP contribution is 2.20. The first-order valence-electron chi connectivity index (χ1n) is 7.17. The standard InChI is InChI=1S/C16H18N2O4S/c1-4-11-14(15(20)21)23-16(22)18(11)8-12(19)17-13-9(2)6-5-7-10(13)3/h5-7H,4,8H2,1-3H3,(H,17,19)(H,20,21). The van der Waals surface area contributed by atoms with E-state index in [0.29, 0.717) is 23.5 Å². The number of rotatable bonds is 5. The van der Waals surface area contributed by atoms with Crippen molar-refractivity contribution in [2.45, 2.75) is 33.7 Å². The molecule has 0 aliphatic heterocycles. The molecule has 0 radical (unpaired) electrons. The van der Waals surface area contributed by atoms with Crippen LogP contribution >= 0.6 is 11.3 Å². The van der Waals surface area contributed by atoms with E-state index in [9.17, 15) is 14.4 Å². The fourth-order valence-corrected chi connectivity index (χ4v) is 3.37. The van der Waals surface area contributed by atoms with E-state index in [1.54, 1.807) is 6.92 Å². The van der Waals surface area contributed by atoms with E-state index in [1.165, 1.54) is 4.57 Å². The van der Waals surface area contributed by atoms with Crippen LogP contribution in [0.3, 0.4) is 0 Å². The van der Waals surface area contributed by atoms with Gasteiger partial charge in [-0.25, -0.2) is 4.79 Å². The van der Waals surface area contributed by atoms with Gasteiger partial charge in [-0.2, -0.15) is 0 Å². The summed E-state index contributed by atoms with van der Waals surface area (Å²) in [5.41, 5.74) is 2.96. The zero-order valence-corrected chi connectivity index (χ0v) is 14.0. The second-order valence-corrected chi connectivity index (χ2v) is 6.17. The number of para-hydroxylation sites is 1. The van der Waals surface area contributed by atoms with Crippen LogP contribution in [-0.2, 0) is 17.8 Å². The summed E-state index contributed by atoms with van der Waals surface area (Å²) in [6.45, 7) is 5.34. The molecule has 0 saturated heterocycles. The minimum atomic E-state index is -1.14. The number of hydrogen-bond acceptors (Lipinski definition) is 4. The summed E-state index contributed by atoms with van der Waals surface area (Å²) in [5, 5.41) is 11.9. The van der Waals surface area contributed by atoms with Crippen molar-refractivity contribution in [2.75, 3.05) is 5.32 Å². The van der Waals surface area contributed by atoms with Gasteiger partial charge in [-0.15, -0.1) is 0 Å². The van der Waals surface area contributed by atoms with Gasteiger partial charge < -0.3 is 10.4 Å². The molecule has 0 saturated carbocycles. The van der Waals surface area contributed by atoms with Gasteiger partial charge in [0.05, 0.1) is 0 Å². The number of carboxylic acid groups (broad SMARTS) is 1. The number of benzene rings is 1. The molecule has 122 valence electrons. The van der Waals surface area contributed by atoms with Crippen molar-refractivity contribution in [3.63, 3.8) is 0 Å². The van der Waals surface area contributed by atoms with Crippen molar-refractivity contribution in [3.8, 4) is 0 Å². The summed E-state index contributed by atoms with van der Waals surface area (Å²) in [6.07, 6.45) is 0.372. The average molecular weight is 334 g/mol. The number of carboxylic acids is 1. The number of amides is 1. The number of nitrogens with one attached hydrogen (secondary N) is 1. The third kappa shape index (κ3) is 3.50. The highest BCUT2D eigenvalue weighted by Gasteiger charge is 2.20. The Labute approximate surface area is 137 Å². The Morgan fingerprint density at radius 3 is 2.39 bits per heavy atom. The highest BCUT2D eigenvalue weighted by molar-refractivity contribution is 7.11. The Morgan fingerprint density at radius 1 is 1.26 bits per heavy atom. The molecule has 0 atom stereocenters. The molecule has 0 spiro atoms. The Bertz CT molecular complexity index is 800. The first-order chi connectivity index (χ1) is 10.8. The zero-order valence-electron chi connectivity index (χ0n) is 13.2. The normalized spacial score (nSPS) is 10.6. The lowest BCUT2D eigenvalue weighted by atomic mass is 10.1. The van der Waals surface area contributed by atoms with Gasteiger partial charge in [0.2, 0.25) is 5.91 Å². The number of aromatic nitrogens is 1. The average Bonchev–Trinajstić information content (AvgIpc) is 2.80. The minimum absolute atomic E-state index is 0.00243. The number of aromatic carboxylic acids is 1. The second kappa shape index (κ2) is 6.78. The maximum atomic E-state index is 12.3. The van der Waals surface area contributed by atoms with Crippen LogP contribution in [0.2, 0.25) is 0 Å². The smallest absolute Gasteiger partial charge is 0.347 e. The summed E-state index contributed by atoms with van der Waals surface area (Å²) in [6, 6.07) is 5.68. The van der Waals surface area contributed by atoms with Gasteiger partial charge in [0.15, 0.2) is 0 Å². The number of anilines is 1. The maximum absolute atomic E-state index is 12.3. The van der Waals surface area contributed by atoms with Crippen molar-refractivity contribution in [2.24, 2.45) is 0 Å². The number of carbonyl (C=O) groups is 2. The predicted octanol–water partition coefficient (Wildman–Crippen LogP) is 2.43. The minimum Gasteiger partial charge on any atom is -0.477 e. The molecule has 2 N–H and O–H groups in total. The summed E-state index contributed by atoms with van der Waals surface area (Å²) in [7, 11) is 0. The van der Waals surface area contributed by atoms with Gasteiger partial charge in [0.1, 0.15) is 11.4 Å². The van der Waals surface area contributed by atoms with Crippen LogP contribution in [0.15, 0.2) is 23.0 Å². The Hall–Kier alpha value is -2.41. The SMILES string of the molecule is CCc1c(C(=O)O)sc(=O)n1CC(=O)Nc1c(C)cccc1C. The number of thiazole rings is 1. The van der Waals surface area contributed by atoms with Crippen LogP contribution < -0.4 is 10.2 Å². The molecule has 1 aromatic carbocycles. The molecular weight excluding hydrogens is 316 g/mol. The molecule has 1 amide bonds. The molecule has 0 unspecified atom stereocenters. The number of hydrogen-bond donors (Lipinski definition) is 2. The fraction of sp³-hybridized carbons (Fsp3) is 0.312. The molecule has 1 heterocycles. The lowest BCUT2D eigenvalue weighted by Gasteiger charge is -2.12. The van der Waals surface area contributed by atoms with Crippen LogP contribution in [0.4, 0.5) is 5.69 Å². The summed E-state index contributed by atoms with van der Waals surface area (Å²) in [4.78, 5) is 35.0. The van der Waals surface area contributed by atoms with Gasteiger partial charge in [-0.1, -0.05) is 36.5 Å². The van der Waals surface area contributed by atoms with Crippen LogP contribution in [0.5, 0.6) is 0 Å². The van der Waals surface area contributed by atoms with Crippen molar-refractivity contribution in [3.05, 3.63) is 49.6 Å². The van der Waals surface area contributed by atoms with Crippen LogP contribution in [0.25, 0.3) is 0 Å². The summed E-state index contributed by atoms with van der Waals surface area (Å²) in [5.74, 6) is -1.49. The molecule has 7 heteroatoms. The van der Waals surface area contributed by atoms with Gasteiger partial charge >= 0.3 is 10.8 Å². The molecule has 2 aromatic rings. The molecule has 2 rings (SSSR count). The van der Waals surface area contributed by atoms with E-state index >= 15 is 0 Å². The second-order valence-electron chi connectivity index (χ2n) is 5.20. The molecule has 0 bridgehead atoms. The lowest BCUT2D eigenvalue weighted by molar-refractivity contribution is -0.116. The first-order valence-corrected chi connectivity index (χ1v) is 7.98. The molecule has 6 nitrogen and oxygen atoms in total. The highest BCUT2D eigenvalue weighted by atomic mass is 32.1. The Kier molecular flexibility index (Phi) is 5.00. The Morgan fingerprint density at radius 2 is 1.87 bits per heavy atom. The molecule has 23 heavy (non-hydrogen) atoms. The molecule has 0 aliphatic rings. The maximum Gasteiger partial charge on any atom is 0.347 e. The molecular formula is C16H18N2O4S. The van der Waals surface area contributed by atoms with Crippen molar-refractivity contribution < 1.29 is 14.7 Å². The monoisotopic (exact) mass is 334 g/mol. The number of carbonyl (C=O) groups excluding carboxylic acids is 1. The first kappa shape index (κ1) is 17.0. The van der Waals surface area contributed by atoms with Crippen molar-refractivity contribution in [1.82, 2.24) is 4.57 Å². The van der Waals surface area contributed by atoms with Gasteiger partial charge in [0.25, 0.3) is 0 Å². The van der Waals surface area contributed by atoms with Gasteiger partial charge in [-0.05, 0) is 31.4 Å². The van der Waals surface area contributed by atoms with Gasteiger partial charge in [0, 0.05) is 11.4 Å². The van der Waals surface area contributed by atoms with Gasteiger partial charge in [-0.3, -0.25) is 14.2 Å². The zero-order chi connectivity index (χ0) is 17.1. The van der Waals surface area contributed by atoms with E-state index in [0.717, 1.165) is 16.8 Å². The van der Waals surface area contributed by atoms with E-state index in [4.69, 9.17) is 5.11 Å². The van der Waals surface area contributed by atoms with E-state index in [1.807, 2.05) is 32.0 Å². The van der Waals surface area contributed by atoms with Crippen molar-refractivity contribution >= 4 is 28.9 Å². The third-order valence-corrected chi connectivity index (χ3v) is 4.58. The largest absolute Gasteiger partial charge is 0.477 e. The van der Waals surface area contributed by atoms with E-state index < -0.39 is 10.8 Å². The Balaban J connectivity index is 2.28. The molecule has 0 fully saturated rings. The van der Waals surface area contributed by atoms with Crippen LogP contribution in [0, 0.1) is 13.8 Å². The fourth-order valence-electron chi connectivity index (χ4n) is 2.45. The molecule has 0 aliphatic carbocycles. The molecule has 1 aromatic heterocycles. The number of nitrogens with zero attached hydrogens (tertiary/aromatic N) is 1. The predicted molar refractivity (Wildman–Crippen MR) is 89.5 cm³/mol. The third-order valence-electron chi connectivity index (χ3n) is 3.57. The quantitative estimate of drug-likeness (QED) is 0.879.